The van der Waals surface area contributed by atoms with Crippen LogP contribution in [0, 0.1) is 6.92 Å². The smallest absolute Gasteiger partial charge is 0.176 e. The lowest BCUT2D eigenvalue weighted by molar-refractivity contribution is 0.0968. The molecule has 98 valence electrons. The van der Waals surface area contributed by atoms with Crippen molar-refractivity contribution in [3.8, 4) is 0 Å². The summed E-state index contributed by atoms with van der Waals surface area (Å²) in [6.07, 6.45) is 3.82. The van der Waals surface area contributed by atoms with E-state index in [-0.39, 0.29) is 11.0 Å². The van der Waals surface area contributed by atoms with Gasteiger partial charge in [-0.05, 0) is 32.9 Å². The molecule has 2 nitrogen and oxygen atoms in total. The van der Waals surface area contributed by atoms with Crippen LogP contribution in [-0.4, -0.2) is 35.6 Å². The molecule has 0 N–H and O–H groups in total. The fourth-order valence-corrected chi connectivity index (χ4v) is 2.76. The van der Waals surface area contributed by atoms with Crippen LogP contribution in [0.3, 0.4) is 0 Å². The van der Waals surface area contributed by atoms with E-state index in [2.05, 4.69) is 17.5 Å². The maximum Gasteiger partial charge on any atom is 0.176 e. The second-order valence-electron chi connectivity index (χ2n) is 5.11. The standard InChI is InChI=1S/C15H21NOS/c1-12-5-7-13(8-6-12)15(17)14(18)11-16-9-3-2-4-10-16/h5-8,14,18H,2-4,9-11H2,1H3. The predicted molar refractivity (Wildman–Crippen MR) is 78.6 cm³/mol. The van der Waals surface area contributed by atoms with Crippen LogP contribution in [0.5, 0.6) is 0 Å². The Hall–Kier alpha value is -0.800. The Kier molecular flexibility index (Phi) is 4.84. The molecule has 1 aliphatic rings. The van der Waals surface area contributed by atoms with Gasteiger partial charge in [-0.1, -0.05) is 36.2 Å². The molecule has 18 heavy (non-hydrogen) atoms. The van der Waals surface area contributed by atoms with Crippen LogP contribution in [0.4, 0.5) is 0 Å². The number of ketones is 1. The summed E-state index contributed by atoms with van der Waals surface area (Å²) in [5, 5.41) is -0.203. The Labute approximate surface area is 115 Å². The summed E-state index contributed by atoms with van der Waals surface area (Å²) in [6, 6.07) is 7.76. The van der Waals surface area contributed by atoms with Crippen LogP contribution in [0.1, 0.15) is 35.2 Å². The van der Waals surface area contributed by atoms with E-state index in [4.69, 9.17) is 0 Å². The lowest BCUT2D eigenvalue weighted by atomic mass is 10.0. The van der Waals surface area contributed by atoms with Gasteiger partial charge in [0.2, 0.25) is 0 Å². The summed E-state index contributed by atoms with van der Waals surface area (Å²) >= 11 is 4.48. The molecular weight excluding hydrogens is 242 g/mol. The van der Waals surface area contributed by atoms with Crippen molar-refractivity contribution in [1.82, 2.24) is 4.90 Å². The number of thiol groups is 1. The van der Waals surface area contributed by atoms with E-state index in [1.165, 1.54) is 24.8 Å². The first-order valence-corrected chi connectivity index (χ1v) is 7.20. The van der Waals surface area contributed by atoms with Crippen LogP contribution < -0.4 is 0 Å². The third-order valence-corrected chi connectivity index (χ3v) is 3.92. The Morgan fingerprint density at radius 2 is 1.83 bits per heavy atom. The molecule has 1 fully saturated rings. The Morgan fingerprint density at radius 1 is 1.22 bits per heavy atom. The topological polar surface area (TPSA) is 20.3 Å². The van der Waals surface area contributed by atoms with Crippen molar-refractivity contribution in [1.29, 1.82) is 0 Å². The van der Waals surface area contributed by atoms with E-state index in [1.807, 2.05) is 31.2 Å². The van der Waals surface area contributed by atoms with Crippen LogP contribution >= 0.6 is 12.6 Å². The van der Waals surface area contributed by atoms with Crippen molar-refractivity contribution in [2.24, 2.45) is 0 Å². The molecule has 2 rings (SSSR count). The molecule has 1 aromatic rings. The number of nitrogens with zero attached hydrogens (tertiary/aromatic N) is 1. The van der Waals surface area contributed by atoms with Gasteiger partial charge in [0.25, 0.3) is 0 Å². The summed E-state index contributed by atoms with van der Waals surface area (Å²) in [6.45, 7) is 5.02. The van der Waals surface area contributed by atoms with Crippen molar-refractivity contribution in [3.05, 3.63) is 35.4 Å². The van der Waals surface area contributed by atoms with E-state index >= 15 is 0 Å². The zero-order valence-electron chi connectivity index (χ0n) is 10.9. The molecule has 1 unspecified atom stereocenters. The summed E-state index contributed by atoms with van der Waals surface area (Å²) in [4.78, 5) is 14.6. The predicted octanol–water partition coefficient (Wildman–Crippen LogP) is 2.96. The maximum absolute atomic E-state index is 12.2. The molecule has 0 amide bonds. The highest BCUT2D eigenvalue weighted by Crippen LogP contribution is 2.14. The molecule has 1 saturated heterocycles. The molecule has 0 spiro atoms. The van der Waals surface area contributed by atoms with Crippen molar-refractivity contribution in [2.45, 2.75) is 31.4 Å². The second kappa shape index (κ2) is 6.39. The number of hydrogen-bond acceptors (Lipinski definition) is 3. The number of piperidine rings is 1. The van der Waals surface area contributed by atoms with Crippen LogP contribution in [0.2, 0.25) is 0 Å². The minimum Gasteiger partial charge on any atom is -0.302 e. The lowest BCUT2D eigenvalue weighted by Gasteiger charge is -2.28. The highest BCUT2D eigenvalue weighted by molar-refractivity contribution is 7.81. The van der Waals surface area contributed by atoms with Gasteiger partial charge in [0.15, 0.2) is 5.78 Å². The van der Waals surface area contributed by atoms with Crippen molar-refractivity contribution in [3.63, 3.8) is 0 Å². The number of hydrogen-bond donors (Lipinski definition) is 1. The van der Waals surface area contributed by atoms with Crippen LogP contribution in [-0.2, 0) is 0 Å². The number of likely N-dealkylation sites (tertiary alicyclic amines) is 1. The van der Waals surface area contributed by atoms with Crippen molar-refractivity contribution < 1.29 is 4.79 Å². The minimum absolute atomic E-state index is 0.143. The number of carbonyl (C=O) groups excluding carboxylic acids is 1. The van der Waals surface area contributed by atoms with Gasteiger partial charge >= 0.3 is 0 Å². The summed E-state index contributed by atoms with van der Waals surface area (Å²) in [7, 11) is 0. The molecule has 1 heterocycles. The molecule has 3 heteroatoms. The highest BCUT2D eigenvalue weighted by Gasteiger charge is 2.20. The molecular formula is C15H21NOS. The van der Waals surface area contributed by atoms with Crippen molar-refractivity contribution in [2.75, 3.05) is 19.6 Å². The van der Waals surface area contributed by atoms with Gasteiger partial charge in [0, 0.05) is 12.1 Å². The molecule has 0 aromatic heterocycles. The van der Waals surface area contributed by atoms with Gasteiger partial charge in [-0.3, -0.25) is 4.79 Å². The molecule has 0 radical (unpaired) electrons. The number of rotatable bonds is 4. The number of benzene rings is 1. The van der Waals surface area contributed by atoms with Gasteiger partial charge in [0.05, 0.1) is 5.25 Å². The van der Waals surface area contributed by atoms with Crippen LogP contribution in [0.15, 0.2) is 24.3 Å². The molecule has 0 aliphatic carbocycles. The third-order valence-electron chi connectivity index (χ3n) is 3.52. The zero-order valence-corrected chi connectivity index (χ0v) is 11.8. The lowest BCUT2D eigenvalue weighted by Crippen LogP contribution is -2.37. The number of Topliss-reactive ketones (excluding diaryl/α,β-unsaturated/α-hetero) is 1. The first-order chi connectivity index (χ1) is 8.66. The van der Waals surface area contributed by atoms with E-state index in [0.717, 1.165) is 25.2 Å². The molecule has 1 aromatic carbocycles. The van der Waals surface area contributed by atoms with Crippen molar-refractivity contribution >= 4 is 18.4 Å². The first-order valence-electron chi connectivity index (χ1n) is 6.68. The zero-order chi connectivity index (χ0) is 13.0. The monoisotopic (exact) mass is 263 g/mol. The molecule has 1 atom stereocenters. The molecule has 0 bridgehead atoms. The van der Waals surface area contributed by atoms with E-state index in [9.17, 15) is 4.79 Å². The Balaban J connectivity index is 1.93. The third kappa shape index (κ3) is 3.59. The average Bonchev–Trinajstić information content (AvgIpc) is 2.40. The average molecular weight is 263 g/mol. The Morgan fingerprint density at radius 3 is 2.44 bits per heavy atom. The van der Waals surface area contributed by atoms with Gasteiger partial charge in [-0.25, -0.2) is 0 Å². The SMILES string of the molecule is Cc1ccc(C(=O)C(S)CN2CCCCC2)cc1. The van der Waals surface area contributed by atoms with E-state index in [1.54, 1.807) is 0 Å². The van der Waals surface area contributed by atoms with Gasteiger partial charge in [0.1, 0.15) is 0 Å². The van der Waals surface area contributed by atoms with E-state index < -0.39 is 0 Å². The largest absolute Gasteiger partial charge is 0.302 e. The fourth-order valence-electron chi connectivity index (χ4n) is 2.38. The van der Waals surface area contributed by atoms with Gasteiger partial charge < -0.3 is 4.90 Å². The maximum atomic E-state index is 12.2. The summed E-state index contributed by atoms with van der Waals surface area (Å²) < 4.78 is 0. The number of aryl methyl sites for hydroxylation is 1. The second-order valence-corrected chi connectivity index (χ2v) is 5.73. The normalized spacial score (nSPS) is 18.6. The Bertz CT molecular complexity index is 395. The van der Waals surface area contributed by atoms with Gasteiger partial charge in [-0.2, -0.15) is 12.6 Å². The van der Waals surface area contributed by atoms with Gasteiger partial charge in [-0.15, -0.1) is 0 Å². The fraction of sp³-hybridized carbons (Fsp3) is 0.533. The van der Waals surface area contributed by atoms with E-state index in [0.29, 0.717) is 0 Å². The van der Waals surface area contributed by atoms with Crippen LogP contribution in [0.25, 0.3) is 0 Å². The minimum atomic E-state index is -0.203. The quantitative estimate of drug-likeness (QED) is 0.666. The number of carbonyl (C=O) groups is 1. The first kappa shape index (κ1) is 13.6. The summed E-state index contributed by atoms with van der Waals surface area (Å²) in [5.41, 5.74) is 1.95. The summed E-state index contributed by atoms with van der Waals surface area (Å²) in [5.74, 6) is 0.143. The highest BCUT2D eigenvalue weighted by atomic mass is 32.1. The molecule has 0 saturated carbocycles. The molecule has 1 aliphatic heterocycles.